The number of nitrogens with one attached hydrogen (secondary N) is 2. The van der Waals surface area contributed by atoms with E-state index >= 15 is 0 Å². The van der Waals surface area contributed by atoms with Gasteiger partial charge in [-0.2, -0.15) is 0 Å². The van der Waals surface area contributed by atoms with Crippen molar-refractivity contribution in [3.8, 4) is 5.75 Å². The third-order valence-corrected chi connectivity index (χ3v) is 3.95. The molecule has 23 heavy (non-hydrogen) atoms. The Kier molecular flexibility index (Phi) is 4.47. The number of para-hydroxylation sites is 1. The first-order valence-corrected chi connectivity index (χ1v) is 7.45. The molecule has 0 radical (unpaired) electrons. The number of aliphatic hydroxyl groups excluding tert-OH is 1. The number of aryl methyl sites for hydroxylation is 1. The molecule has 1 aliphatic heterocycles. The number of rotatable bonds is 4. The van der Waals surface area contributed by atoms with Crippen LogP contribution < -0.4 is 15.4 Å². The third kappa shape index (κ3) is 3.29. The van der Waals surface area contributed by atoms with E-state index in [9.17, 15) is 9.90 Å². The molecule has 0 aliphatic carbocycles. The highest BCUT2D eigenvalue weighted by Gasteiger charge is 2.31. The molecule has 2 heterocycles. The van der Waals surface area contributed by atoms with E-state index in [2.05, 4.69) is 15.6 Å². The smallest absolute Gasteiger partial charge is 0.315 e. The second kappa shape index (κ2) is 6.70. The molecule has 7 nitrogen and oxygen atoms in total. The number of ether oxygens (including phenoxy) is 1. The van der Waals surface area contributed by atoms with Crippen LogP contribution in [0.4, 0.5) is 4.79 Å². The highest BCUT2D eigenvalue weighted by atomic mass is 16.5. The predicted molar refractivity (Wildman–Crippen MR) is 81.9 cm³/mol. The second-order valence-electron chi connectivity index (χ2n) is 5.46. The summed E-state index contributed by atoms with van der Waals surface area (Å²) in [5.74, 6) is 1.16. The molecule has 7 heteroatoms. The van der Waals surface area contributed by atoms with Crippen molar-refractivity contribution in [3.05, 3.63) is 47.7 Å². The minimum atomic E-state index is -0.332. The van der Waals surface area contributed by atoms with Gasteiger partial charge in [0.25, 0.3) is 0 Å². The Labute approximate surface area is 133 Å². The first-order chi connectivity index (χ1) is 11.2. The molecule has 0 saturated carbocycles. The Bertz CT molecular complexity index is 685. The Morgan fingerprint density at radius 1 is 1.43 bits per heavy atom. The summed E-state index contributed by atoms with van der Waals surface area (Å²) in [4.78, 5) is 16.2. The van der Waals surface area contributed by atoms with Crippen LogP contribution in [0.1, 0.15) is 23.1 Å². The molecule has 3 N–H and O–H groups in total. The number of carbonyl (C=O) groups is 1. The highest BCUT2D eigenvalue weighted by molar-refractivity contribution is 5.74. The fourth-order valence-electron chi connectivity index (χ4n) is 2.62. The SMILES string of the molecule is Cc1ncoc1CNC(=O)N[C@@H]1c2ccccc2OC[C@@H]1CO. The van der Waals surface area contributed by atoms with Crippen molar-refractivity contribution in [1.29, 1.82) is 0 Å². The van der Waals surface area contributed by atoms with Crippen LogP contribution in [0, 0.1) is 12.8 Å². The van der Waals surface area contributed by atoms with E-state index < -0.39 is 0 Å². The lowest BCUT2D eigenvalue weighted by Crippen LogP contribution is -2.44. The van der Waals surface area contributed by atoms with Gasteiger partial charge >= 0.3 is 6.03 Å². The average Bonchev–Trinajstić information content (AvgIpc) is 2.98. The summed E-state index contributed by atoms with van der Waals surface area (Å²) in [6.07, 6.45) is 1.35. The maximum atomic E-state index is 12.2. The van der Waals surface area contributed by atoms with Gasteiger partial charge in [0.2, 0.25) is 0 Å². The third-order valence-electron chi connectivity index (χ3n) is 3.95. The number of hydrogen-bond acceptors (Lipinski definition) is 5. The van der Waals surface area contributed by atoms with Gasteiger partial charge in [-0.1, -0.05) is 18.2 Å². The molecule has 122 valence electrons. The number of aliphatic hydroxyl groups is 1. The van der Waals surface area contributed by atoms with Gasteiger partial charge in [0.1, 0.15) is 11.5 Å². The number of benzene rings is 1. The number of urea groups is 1. The highest BCUT2D eigenvalue weighted by Crippen LogP contribution is 2.34. The van der Waals surface area contributed by atoms with E-state index in [1.807, 2.05) is 31.2 Å². The molecule has 3 rings (SSSR count). The molecule has 2 atom stereocenters. The monoisotopic (exact) mass is 317 g/mol. The molecule has 1 aliphatic rings. The van der Waals surface area contributed by atoms with Gasteiger partial charge in [0, 0.05) is 11.5 Å². The van der Waals surface area contributed by atoms with E-state index in [-0.39, 0.29) is 31.1 Å². The Hall–Kier alpha value is -2.54. The van der Waals surface area contributed by atoms with Gasteiger partial charge in [0.15, 0.2) is 6.39 Å². The lowest BCUT2D eigenvalue weighted by Gasteiger charge is -2.33. The molecule has 0 fully saturated rings. The van der Waals surface area contributed by atoms with Crippen LogP contribution in [0.15, 0.2) is 35.1 Å². The molecular formula is C16H19N3O4. The summed E-state index contributed by atoms with van der Waals surface area (Å²) < 4.78 is 10.8. The maximum Gasteiger partial charge on any atom is 0.315 e. The topological polar surface area (TPSA) is 96.6 Å². The summed E-state index contributed by atoms with van der Waals surface area (Å²) in [5.41, 5.74) is 1.61. The van der Waals surface area contributed by atoms with Crippen LogP contribution in [-0.4, -0.2) is 29.3 Å². The molecular weight excluding hydrogens is 298 g/mol. The Morgan fingerprint density at radius 3 is 3.00 bits per heavy atom. The molecule has 2 aromatic rings. The first kappa shape index (κ1) is 15.4. The molecule has 0 bridgehead atoms. The number of fused-ring (bicyclic) bond motifs is 1. The van der Waals surface area contributed by atoms with Gasteiger partial charge in [-0.25, -0.2) is 9.78 Å². The zero-order valence-corrected chi connectivity index (χ0v) is 12.8. The molecule has 1 aromatic heterocycles. The van der Waals surface area contributed by atoms with Crippen molar-refractivity contribution in [2.24, 2.45) is 5.92 Å². The first-order valence-electron chi connectivity index (χ1n) is 7.45. The van der Waals surface area contributed by atoms with Crippen LogP contribution in [0.3, 0.4) is 0 Å². The number of carbonyl (C=O) groups excluding carboxylic acids is 1. The van der Waals surface area contributed by atoms with Crippen LogP contribution in [0.5, 0.6) is 5.75 Å². The Balaban J connectivity index is 1.67. The number of oxazole rings is 1. The molecule has 0 spiro atoms. The summed E-state index contributed by atoms with van der Waals surface area (Å²) in [6.45, 7) is 2.36. The predicted octanol–water partition coefficient (Wildman–Crippen LogP) is 1.52. The normalized spacial score (nSPS) is 19.6. The second-order valence-corrected chi connectivity index (χ2v) is 5.46. The number of amides is 2. The fraction of sp³-hybridized carbons (Fsp3) is 0.375. The molecule has 0 unspecified atom stereocenters. The summed E-state index contributed by atoms with van der Waals surface area (Å²) in [7, 11) is 0. The van der Waals surface area contributed by atoms with E-state index in [4.69, 9.17) is 9.15 Å². The van der Waals surface area contributed by atoms with E-state index in [1.165, 1.54) is 6.39 Å². The van der Waals surface area contributed by atoms with Crippen molar-refractivity contribution in [2.75, 3.05) is 13.2 Å². The van der Waals surface area contributed by atoms with Crippen LogP contribution in [-0.2, 0) is 6.54 Å². The average molecular weight is 317 g/mol. The minimum absolute atomic E-state index is 0.0690. The Morgan fingerprint density at radius 2 is 2.26 bits per heavy atom. The minimum Gasteiger partial charge on any atom is -0.493 e. The lowest BCUT2D eigenvalue weighted by molar-refractivity contribution is 0.113. The van der Waals surface area contributed by atoms with Crippen molar-refractivity contribution < 1.29 is 19.1 Å². The van der Waals surface area contributed by atoms with E-state index in [1.54, 1.807) is 0 Å². The lowest BCUT2D eigenvalue weighted by atomic mass is 9.91. The van der Waals surface area contributed by atoms with Gasteiger partial charge < -0.3 is 24.9 Å². The van der Waals surface area contributed by atoms with Crippen molar-refractivity contribution in [3.63, 3.8) is 0 Å². The number of hydrogen-bond donors (Lipinski definition) is 3. The molecule has 1 aromatic carbocycles. The van der Waals surface area contributed by atoms with Gasteiger partial charge in [0.05, 0.1) is 31.5 Å². The maximum absolute atomic E-state index is 12.2. The van der Waals surface area contributed by atoms with Crippen LogP contribution in [0.25, 0.3) is 0 Å². The molecule has 2 amide bonds. The van der Waals surface area contributed by atoms with Crippen molar-refractivity contribution in [1.82, 2.24) is 15.6 Å². The van der Waals surface area contributed by atoms with Gasteiger partial charge in [-0.05, 0) is 13.0 Å². The van der Waals surface area contributed by atoms with Gasteiger partial charge in [-0.3, -0.25) is 0 Å². The van der Waals surface area contributed by atoms with E-state index in [0.29, 0.717) is 12.4 Å². The van der Waals surface area contributed by atoms with Crippen LogP contribution >= 0.6 is 0 Å². The largest absolute Gasteiger partial charge is 0.493 e. The van der Waals surface area contributed by atoms with Gasteiger partial charge in [-0.15, -0.1) is 0 Å². The number of nitrogens with zero attached hydrogens (tertiary/aromatic N) is 1. The standard InChI is InChI=1S/C16H19N3O4/c1-10-14(23-9-18-10)6-17-16(21)19-15-11(7-20)8-22-13-5-3-2-4-12(13)15/h2-5,9,11,15,20H,6-8H2,1H3,(H2,17,19,21)/t11-,15-/m0/s1. The summed E-state index contributed by atoms with van der Waals surface area (Å²) >= 11 is 0. The zero-order valence-electron chi connectivity index (χ0n) is 12.8. The van der Waals surface area contributed by atoms with Crippen molar-refractivity contribution in [2.45, 2.75) is 19.5 Å². The van der Waals surface area contributed by atoms with Crippen LogP contribution in [0.2, 0.25) is 0 Å². The summed E-state index contributed by atoms with van der Waals surface area (Å²) in [6, 6.07) is 6.87. The zero-order chi connectivity index (χ0) is 16.2. The fourth-order valence-corrected chi connectivity index (χ4v) is 2.62. The van der Waals surface area contributed by atoms with Crippen molar-refractivity contribution >= 4 is 6.03 Å². The quantitative estimate of drug-likeness (QED) is 0.794. The molecule has 0 saturated heterocycles. The number of aromatic nitrogens is 1. The summed E-state index contributed by atoms with van der Waals surface area (Å²) in [5, 5.41) is 15.2. The van der Waals surface area contributed by atoms with E-state index in [0.717, 1.165) is 17.0 Å².